The normalized spacial score (nSPS) is 16.6. The number of oxazole rings is 1. The number of carbonyl (C=O) groups excluding carboxylic acids is 1. The molecule has 1 aliphatic carbocycles. The summed E-state index contributed by atoms with van der Waals surface area (Å²) in [5, 5.41) is 5.42. The second-order valence-corrected chi connectivity index (χ2v) is 8.11. The van der Waals surface area contributed by atoms with Crippen LogP contribution in [-0.4, -0.2) is 25.5 Å². The highest BCUT2D eigenvalue weighted by Crippen LogP contribution is 2.36. The summed E-state index contributed by atoms with van der Waals surface area (Å²) in [6.45, 7) is 0. The minimum absolute atomic E-state index is 0.0214. The molecular formula is C21H14N4O3S. The smallest absolute Gasteiger partial charge is 0.325 e. The standard InChI is InChI=1S/C21H14N4O3S/c26-15-9-11(17-6-3-7-29-17)8-12-13(15)10-22-19-18(12)20(27)25(24-19)21-23-14-4-1-2-5-16(14)28-21/h1-7,10-11H,8-9H2,(H,22,24)/t11-/m1/s1. The molecule has 5 aromatic rings. The predicted octanol–water partition coefficient (Wildman–Crippen LogP) is 3.83. The fourth-order valence-corrected chi connectivity index (χ4v) is 4.88. The maximum atomic E-state index is 13.3. The van der Waals surface area contributed by atoms with Crippen LogP contribution < -0.4 is 5.56 Å². The van der Waals surface area contributed by atoms with Gasteiger partial charge >= 0.3 is 6.01 Å². The van der Waals surface area contributed by atoms with E-state index in [2.05, 4.69) is 15.1 Å². The summed E-state index contributed by atoms with van der Waals surface area (Å²) in [5.41, 5.74) is 2.66. The van der Waals surface area contributed by atoms with E-state index in [1.54, 1.807) is 23.6 Å². The first-order valence-electron chi connectivity index (χ1n) is 9.24. The van der Waals surface area contributed by atoms with E-state index in [-0.39, 0.29) is 23.3 Å². The van der Waals surface area contributed by atoms with Crippen LogP contribution in [0.25, 0.3) is 28.1 Å². The highest BCUT2D eigenvalue weighted by atomic mass is 32.1. The van der Waals surface area contributed by atoms with Crippen molar-refractivity contribution in [3.05, 3.63) is 74.3 Å². The predicted molar refractivity (Wildman–Crippen MR) is 109 cm³/mol. The molecule has 0 radical (unpaired) electrons. The number of H-pyrrole nitrogens is 1. The van der Waals surface area contributed by atoms with Crippen LogP contribution in [0.15, 0.2) is 57.2 Å². The summed E-state index contributed by atoms with van der Waals surface area (Å²) >= 11 is 1.64. The lowest BCUT2D eigenvalue weighted by molar-refractivity contribution is 0.0965. The van der Waals surface area contributed by atoms with Crippen molar-refractivity contribution in [2.45, 2.75) is 18.8 Å². The Balaban J connectivity index is 1.55. The monoisotopic (exact) mass is 402 g/mol. The number of hydrogen-bond acceptors (Lipinski definition) is 6. The van der Waals surface area contributed by atoms with Gasteiger partial charge in [0, 0.05) is 29.0 Å². The molecule has 0 saturated carbocycles. The second-order valence-electron chi connectivity index (χ2n) is 7.13. The van der Waals surface area contributed by atoms with Crippen LogP contribution in [0.5, 0.6) is 0 Å². The summed E-state index contributed by atoms with van der Waals surface area (Å²) in [6.07, 6.45) is 2.63. The number of nitrogens with zero attached hydrogens (tertiary/aromatic N) is 3. The molecular weight excluding hydrogens is 388 g/mol. The Hall–Kier alpha value is -3.52. The van der Waals surface area contributed by atoms with Gasteiger partial charge in [-0.1, -0.05) is 18.2 Å². The molecule has 1 aliphatic rings. The minimum Gasteiger partial charge on any atom is -0.422 e. The zero-order valence-electron chi connectivity index (χ0n) is 15.1. The molecule has 0 spiro atoms. The quantitative estimate of drug-likeness (QED) is 0.484. The number of carbonyl (C=O) groups is 1. The van der Waals surface area contributed by atoms with E-state index >= 15 is 0 Å². The van der Waals surface area contributed by atoms with Crippen molar-refractivity contribution in [3.8, 4) is 6.01 Å². The van der Waals surface area contributed by atoms with Gasteiger partial charge in [-0.3, -0.25) is 14.7 Å². The molecule has 6 rings (SSSR count). The van der Waals surface area contributed by atoms with Gasteiger partial charge in [-0.2, -0.15) is 9.67 Å². The molecule has 0 unspecified atom stereocenters. The van der Waals surface area contributed by atoms with Crippen LogP contribution in [0.4, 0.5) is 0 Å². The van der Waals surface area contributed by atoms with E-state index in [1.807, 2.05) is 35.7 Å². The minimum atomic E-state index is -0.310. The first-order valence-corrected chi connectivity index (χ1v) is 10.1. The second kappa shape index (κ2) is 5.99. The Kier molecular flexibility index (Phi) is 3.39. The van der Waals surface area contributed by atoms with E-state index in [1.165, 1.54) is 4.68 Å². The molecule has 0 aliphatic heterocycles. The number of nitrogens with one attached hydrogen (secondary N) is 1. The van der Waals surface area contributed by atoms with Crippen molar-refractivity contribution in [2.24, 2.45) is 0 Å². The van der Waals surface area contributed by atoms with Crippen LogP contribution in [-0.2, 0) is 6.42 Å². The lowest BCUT2D eigenvalue weighted by atomic mass is 9.82. The summed E-state index contributed by atoms with van der Waals surface area (Å²) in [5.74, 6) is 0.0979. The maximum absolute atomic E-state index is 13.3. The fraction of sp³-hybridized carbons (Fsp3) is 0.143. The van der Waals surface area contributed by atoms with Crippen LogP contribution in [0.2, 0.25) is 0 Å². The third kappa shape index (κ3) is 2.42. The third-order valence-electron chi connectivity index (χ3n) is 5.42. The first-order chi connectivity index (χ1) is 14.2. The van der Waals surface area contributed by atoms with Crippen molar-refractivity contribution in [1.82, 2.24) is 19.7 Å². The number of thiophene rings is 1. The average molecular weight is 402 g/mol. The highest BCUT2D eigenvalue weighted by molar-refractivity contribution is 7.10. The lowest BCUT2D eigenvalue weighted by Crippen LogP contribution is -2.21. The van der Waals surface area contributed by atoms with Gasteiger partial charge in [-0.25, -0.2) is 4.98 Å². The van der Waals surface area contributed by atoms with Gasteiger partial charge in [0.25, 0.3) is 5.56 Å². The lowest BCUT2D eigenvalue weighted by Gasteiger charge is -2.22. The molecule has 4 aromatic heterocycles. The summed E-state index contributed by atoms with van der Waals surface area (Å²) < 4.78 is 7.00. The van der Waals surface area contributed by atoms with Crippen LogP contribution in [0.3, 0.4) is 0 Å². The van der Waals surface area contributed by atoms with Crippen LogP contribution >= 0.6 is 11.3 Å². The number of benzene rings is 1. The van der Waals surface area contributed by atoms with Crippen molar-refractivity contribution in [2.75, 3.05) is 0 Å². The van der Waals surface area contributed by atoms with Gasteiger partial charge in [0.1, 0.15) is 5.52 Å². The van der Waals surface area contributed by atoms with E-state index in [4.69, 9.17) is 4.42 Å². The Morgan fingerprint density at radius 1 is 1.14 bits per heavy atom. The molecule has 142 valence electrons. The van der Waals surface area contributed by atoms with Gasteiger partial charge in [-0.05, 0) is 35.6 Å². The Bertz CT molecular complexity index is 1430. The van der Waals surface area contributed by atoms with Crippen molar-refractivity contribution < 1.29 is 9.21 Å². The zero-order chi connectivity index (χ0) is 19.5. The zero-order valence-corrected chi connectivity index (χ0v) is 15.9. The maximum Gasteiger partial charge on any atom is 0.325 e. The summed E-state index contributed by atoms with van der Waals surface area (Å²) in [4.78, 5) is 35.9. The number of rotatable bonds is 2. The molecule has 29 heavy (non-hydrogen) atoms. The summed E-state index contributed by atoms with van der Waals surface area (Å²) in [6, 6.07) is 11.5. The van der Waals surface area contributed by atoms with E-state index < -0.39 is 0 Å². The van der Waals surface area contributed by atoms with Gasteiger partial charge in [0.2, 0.25) is 0 Å². The largest absolute Gasteiger partial charge is 0.422 e. The fourth-order valence-electron chi connectivity index (χ4n) is 4.05. The SMILES string of the molecule is O=C1C[C@H](c2cccs2)Cc2c1cnc1[nH]n(-c3nc4ccccc4o3)c(=O)c21. The molecule has 1 aromatic carbocycles. The first kappa shape index (κ1) is 16.4. The highest BCUT2D eigenvalue weighted by Gasteiger charge is 2.31. The Morgan fingerprint density at radius 2 is 2.03 bits per heavy atom. The molecule has 0 amide bonds. The molecule has 0 saturated heterocycles. The van der Waals surface area contributed by atoms with E-state index in [0.717, 1.165) is 10.4 Å². The number of fused-ring (bicyclic) bond motifs is 4. The Morgan fingerprint density at radius 3 is 2.86 bits per heavy atom. The number of aromatic nitrogens is 4. The topological polar surface area (TPSA) is 93.8 Å². The van der Waals surface area contributed by atoms with E-state index in [9.17, 15) is 9.59 Å². The number of pyridine rings is 1. The summed E-state index contributed by atoms with van der Waals surface area (Å²) in [7, 11) is 0. The number of aromatic amines is 1. The van der Waals surface area contributed by atoms with Crippen molar-refractivity contribution >= 4 is 39.3 Å². The Labute approximate surface area is 167 Å². The molecule has 1 N–H and O–H groups in total. The molecule has 8 heteroatoms. The molecule has 0 bridgehead atoms. The van der Waals surface area contributed by atoms with Gasteiger partial charge in [0.15, 0.2) is 17.0 Å². The molecule has 0 fully saturated rings. The molecule has 1 atom stereocenters. The molecule has 4 heterocycles. The van der Waals surface area contributed by atoms with Gasteiger partial charge in [0.05, 0.1) is 5.39 Å². The van der Waals surface area contributed by atoms with Crippen molar-refractivity contribution in [3.63, 3.8) is 0 Å². The van der Waals surface area contributed by atoms with E-state index in [0.29, 0.717) is 40.5 Å². The number of Topliss-reactive ketones (excluding diaryl/α,β-unsaturated/α-hetero) is 1. The van der Waals surface area contributed by atoms with Crippen molar-refractivity contribution in [1.29, 1.82) is 0 Å². The molecule has 7 nitrogen and oxygen atoms in total. The number of ketones is 1. The van der Waals surface area contributed by atoms with Crippen LogP contribution in [0, 0.1) is 0 Å². The number of para-hydroxylation sites is 2. The van der Waals surface area contributed by atoms with Gasteiger partial charge in [-0.15, -0.1) is 11.3 Å². The third-order valence-corrected chi connectivity index (χ3v) is 6.46. The van der Waals surface area contributed by atoms with Crippen LogP contribution in [0.1, 0.15) is 33.1 Å². The number of hydrogen-bond donors (Lipinski definition) is 1. The van der Waals surface area contributed by atoms with Gasteiger partial charge < -0.3 is 4.42 Å². The average Bonchev–Trinajstić information content (AvgIpc) is 3.46.